The highest BCUT2D eigenvalue weighted by Crippen LogP contribution is 2.14. The highest BCUT2D eigenvalue weighted by molar-refractivity contribution is 5.79. The summed E-state index contributed by atoms with van der Waals surface area (Å²) in [6, 6.07) is 0.618. The average Bonchev–Trinajstić information content (AvgIpc) is 2.59. The van der Waals surface area contributed by atoms with Gasteiger partial charge in [-0.25, -0.2) is 0 Å². The molecule has 0 saturated carbocycles. The normalized spacial score (nSPS) is 27.5. The van der Waals surface area contributed by atoms with Crippen LogP contribution in [0.1, 0.15) is 6.42 Å². The van der Waals surface area contributed by atoms with Gasteiger partial charge < -0.3 is 20.3 Å². The standard InChI is InChI=1S/C16H34N6O/c1-17-16(18-5-7-20(2)6-4-12-23-3)19-13-15-14-21-8-10-22(15)11-9-21/h15H,4-14H2,1-3H3,(H2,17,18,19). The lowest BCUT2D eigenvalue weighted by Crippen LogP contribution is -2.63. The first-order valence-corrected chi connectivity index (χ1v) is 8.81. The third-order valence-electron chi connectivity index (χ3n) is 4.80. The molecule has 0 spiro atoms. The molecule has 134 valence electrons. The van der Waals surface area contributed by atoms with E-state index in [9.17, 15) is 0 Å². The van der Waals surface area contributed by atoms with Gasteiger partial charge in [-0.15, -0.1) is 0 Å². The Morgan fingerprint density at radius 1 is 1.22 bits per heavy atom. The molecule has 2 N–H and O–H groups in total. The summed E-state index contributed by atoms with van der Waals surface area (Å²) in [6.45, 7) is 10.9. The number of piperazine rings is 3. The van der Waals surface area contributed by atoms with Crippen LogP contribution in [0.2, 0.25) is 0 Å². The number of nitrogens with one attached hydrogen (secondary N) is 2. The summed E-state index contributed by atoms with van der Waals surface area (Å²) >= 11 is 0. The summed E-state index contributed by atoms with van der Waals surface area (Å²) < 4.78 is 5.08. The Hall–Kier alpha value is -0.890. The van der Waals surface area contributed by atoms with Crippen molar-refractivity contribution in [2.24, 2.45) is 4.99 Å². The zero-order valence-electron chi connectivity index (χ0n) is 15.1. The SMILES string of the molecule is CN=C(NCCN(C)CCCOC)NCC1CN2CCN1CC2. The predicted molar refractivity (Wildman–Crippen MR) is 95.2 cm³/mol. The summed E-state index contributed by atoms with van der Waals surface area (Å²) in [6.07, 6.45) is 1.08. The second-order valence-corrected chi connectivity index (χ2v) is 6.52. The molecule has 0 aliphatic carbocycles. The minimum absolute atomic E-state index is 0.618. The van der Waals surface area contributed by atoms with Crippen LogP contribution in [0.4, 0.5) is 0 Å². The van der Waals surface area contributed by atoms with Crippen molar-refractivity contribution < 1.29 is 4.74 Å². The third-order valence-corrected chi connectivity index (χ3v) is 4.80. The minimum Gasteiger partial charge on any atom is -0.385 e. The maximum atomic E-state index is 5.08. The van der Waals surface area contributed by atoms with Crippen LogP contribution in [0.25, 0.3) is 0 Å². The van der Waals surface area contributed by atoms with E-state index in [1.807, 2.05) is 7.05 Å². The highest BCUT2D eigenvalue weighted by Gasteiger charge is 2.31. The summed E-state index contributed by atoms with van der Waals surface area (Å²) in [5, 5.41) is 6.89. The third kappa shape index (κ3) is 6.25. The molecule has 0 amide bonds. The van der Waals surface area contributed by atoms with Crippen LogP contribution in [0.3, 0.4) is 0 Å². The average molecular weight is 326 g/mol. The van der Waals surface area contributed by atoms with Crippen LogP contribution in [0.15, 0.2) is 4.99 Å². The molecule has 3 fully saturated rings. The molecular formula is C16H34N6O. The summed E-state index contributed by atoms with van der Waals surface area (Å²) in [5.74, 6) is 0.910. The van der Waals surface area contributed by atoms with Gasteiger partial charge in [0.1, 0.15) is 0 Å². The van der Waals surface area contributed by atoms with E-state index in [4.69, 9.17) is 4.74 Å². The minimum atomic E-state index is 0.618. The van der Waals surface area contributed by atoms with Gasteiger partial charge in [-0.3, -0.25) is 14.8 Å². The fourth-order valence-electron chi connectivity index (χ4n) is 3.31. The number of guanidine groups is 1. The maximum absolute atomic E-state index is 5.08. The lowest BCUT2D eigenvalue weighted by molar-refractivity contribution is 0.0154. The van der Waals surface area contributed by atoms with Crippen LogP contribution in [0.5, 0.6) is 0 Å². The van der Waals surface area contributed by atoms with Crippen LogP contribution in [0, 0.1) is 0 Å². The van der Waals surface area contributed by atoms with Gasteiger partial charge in [0.05, 0.1) is 0 Å². The Balaban J connectivity index is 1.58. The Kier molecular flexibility index (Phi) is 8.08. The van der Waals surface area contributed by atoms with Crippen LogP contribution in [-0.4, -0.2) is 113 Å². The Morgan fingerprint density at radius 2 is 2.00 bits per heavy atom. The molecule has 3 heterocycles. The summed E-state index contributed by atoms with van der Waals surface area (Å²) in [4.78, 5) is 11.8. The van der Waals surface area contributed by atoms with E-state index in [0.29, 0.717) is 6.04 Å². The lowest BCUT2D eigenvalue weighted by Gasteiger charge is -2.47. The molecule has 1 atom stereocenters. The molecule has 3 rings (SSSR count). The van der Waals surface area contributed by atoms with Gasteiger partial charge in [0.25, 0.3) is 0 Å². The molecule has 0 radical (unpaired) electrons. The van der Waals surface area contributed by atoms with Crippen molar-refractivity contribution in [1.29, 1.82) is 0 Å². The van der Waals surface area contributed by atoms with Crippen LogP contribution in [-0.2, 0) is 4.74 Å². The van der Waals surface area contributed by atoms with Crippen molar-refractivity contribution in [3.05, 3.63) is 0 Å². The fourth-order valence-corrected chi connectivity index (χ4v) is 3.31. The molecular weight excluding hydrogens is 292 g/mol. The van der Waals surface area contributed by atoms with E-state index in [0.717, 1.165) is 45.2 Å². The van der Waals surface area contributed by atoms with Crippen molar-refractivity contribution in [3.63, 3.8) is 0 Å². The fraction of sp³-hybridized carbons (Fsp3) is 0.938. The molecule has 0 aromatic heterocycles. The monoisotopic (exact) mass is 326 g/mol. The van der Waals surface area contributed by atoms with Gasteiger partial charge in [-0.05, 0) is 13.5 Å². The number of aliphatic imine (C=N–C) groups is 1. The van der Waals surface area contributed by atoms with E-state index in [1.54, 1.807) is 7.11 Å². The first kappa shape index (κ1) is 18.4. The number of hydrogen-bond acceptors (Lipinski definition) is 5. The van der Waals surface area contributed by atoms with Gasteiger partial charge in [-0.2, -0.15) is 0 Å². The van der Waals surface area contributed by atoms with Crippen molar-refractivity contribution in [2.75, 3.05) is 86.7 Å². The number of hydrogen-bond donors (Lipinski definition) is 2. The topological polar surface area (TPSA) is 55.4 Å². The largest absolute Gasteiger partial charge is 0.385 e. The molecule has 3 saturated heterocycles. The van der Waals surface area contributed by atoms with Crippen molar-refractivity contribution in [2.45, 2.75) is 12.5 Å². The molecule has 0 aromatic carbocycles. The summed E-state index contributed by atoms with van der Waals surface area (Å²) in [7, 11) is 5.74. The van der Waals surface area contributed by atoms with Crippen LogP contribution >= 0.6 is 0 Å². The van der Waals surface area contributed by atoms with Gasteiger partial charge in [0.15, 0.2) is 5.96 Å². The van der Waals surface area contributed by atoms with Gasteiger partial charge in [-0.1, -0.05) is 0 Å². The Labute approximate surface area is 141 Å². The molecule has 7 heteroatoms. The smallest absolute Gasteiger partial charge is 0.191 e. The van der Waals surface area contributed by atoms with Crippen molar-refractivity contribution in [3.8, 4) is 0 Å². The molecule has 23 heavy (non-hydrogen) atoms. The van der Waals surface area contributed by atoms with Crippen molar-refractivity contribution >= 4 is 5.96 Å². The van der Waals surface area contributed by atoms with E-state index in [-0.39, 0.29) is 0 Å². The van der Waals surface area contributed by atoms with Crippen molar-refractivity contribution in [1.82, 2.24) is 25.3 Å². The van der Waals surface area contributed by atoms with E-state index in [2.05, 4.69) is 37.4 Å². The maximum Gasteiger partial charge on any atom is 0.191 e. The first-order valence-electron chi connectivity index (χ1n) is 8.81. The molecule has 3 aliphatic rings. The number of ether oxygens (including phenoxy) is 1. The number of methoxy groups -OCH3 is 1. The molecule has 1 unspecified atom stereocenters. The first-order chi connectivity index (χ1) is 11.2. The summed E-state index contributed by atoms with van der Waals surface area (Å²) in [5.41, 5.74) is 0. The number of likely N-dealkylation sites (N-methyl/N-ethyl adjacent to an activating group) is 1. The van der Waals surface area contributed by atoms with Gasteiger partial charge in [0.2, 0.25) is 0 Å². The van der Waals surface area contributed by atoms with Gasteiger partial charge in [0, 0.05) is 85.7 Å². The molecule has 2 bridgehead atoms. The van der Waals surface area contributed by atoms with Gasteiger partial charge >= 0.3 is 0 Å². The Bertz CT molecular complexity index is 356. The second-order valence-electron chi connectivity index (χ2n) is 6.52. The molecule has 7 nitrogen and oxygen atoms in total. The highest BCUT2D eigenvalue weighted by atomic mass is 16.5. The number of fused-ring (bicyclic) bond motifs is 3. The van der Waals surface area contributed by atoms with Crippen LogP contribution < -0.4 is 10.6 Å². The number of rotatable bonds is 9. The van der Waals surface area contributed by atoms with E-state index < -0.39 is 0 Å². The van der Waals surface area contributed by atoms with E-state index in [1.165, 1.54) is 32.7 Å². The predicted octanol–water partition coefficient (Wildman–Crippen LogP) is -0.880. The molecule has 3 aliphatic heterocycles. The lowest BCUT2D eigenvalue weighted by atomic mass is 10.1. The van der Waals surface area contributed by atoms with E-state index >= 15 is 0 Å². The quantitative estimate of drug-likeness (QED) is 0.326. The zero-order chi connectivity index (χ0) is 16.5. The molecule has 0 aromatic rings. The number of nitrogens with zero attached hydrogens (tertiary/aromatic N) is 4. The zero-order valence-corrected chi connectivity index (χ0v) is 15.1. The second kappa shape index (κ2) is 10.1. The Morgan fingerprint density at radius 3 is 2.61 bits per heavy atom.